The number of hydrogen-bond donors (Lipinski definition) is 0. The van der Waals surface area contributed by atoms with Crippen LogP contribution in [0.2, 0.25) is 0 Å². The average Bonchev–Trinajstić information content (AvgIpc) is 1.91. The molecule has 1 heterocycles. The molecule has 0 aromatic rings. The number of hydrogen-bond acceptors (Lipinski definition) is 1. The summed E-state index contributed by atoms with van der Waals surface area (Å²) in [5, 5.41) is 0. The van der Waals surface area contributed by atoms with Gasteiger partial charge in [0, 0.05) is 13.0 Å². The van der Waals surface area contributed by atoms with Crippen molar-refractivity contribution in [3.05, 3.63) is 0 Å². The van der Waals surface area contributed by atoms with E-state index >= 15 is 0 Å². The second-order valence-electron chi connectivity index (χ2n) is 1.88. The molecule has 0 saturated carbocycles. The van der Waals surface area contributed by atoms with Gasteiger partial charge in [0.1, 0.15) is 6.17 Å². The zero-order valence-electron chi connectivity index (χ0n) is 4.36. The minimum absolute atomic E-state index is 0.153. The normalized spacial score (nSPS) is 42.0. The summed E-state index contributed by atoms with van der Waals surface area (Å²) < 4.78 is 17.1. The highest BCUT2D eigenvalue weighted by Crippen LogP contribution is 2.14. The fraction of sp³-hybridized carbons (Fsp3) is 1.00. The summed E-state index contributed by atoms with van der Waals surface area (Å²) in [4.78, 5) is 0. The largest absolute Gasteiger partial charge is 0.375 e. The van der Waals surface area contributed by atoms with Gasteiger partial charge in [0.25, 0.3) is 0 Å². The lowest BCUT2D eigenvalue weighted by molar-refractivity contribution is 0.0926. The van der Waals surface area contributed by atoms with E-state index in [1.807, 2.05) is 0 Å². The van der Waals surface area contributed by atoms with Crippen LogP contribution in [-0.2, 0) is 4.74 Å². The van der Waals surface area contributed by atoms with Crippen LogP contribution in [0.15, 0.2) is 0 Å². The molecule has 7 heavy (non-hydrogen) atoms. The van der Waals surface area contributed by atoms with Crippen molar-refractivity contribution in [2.75, 3.05) is 6.61 Å². The maximum atomic E-state index is 12.2. The highest BCUT2D eigenvalue weighted by molar-refractivity contribution is 4.69. The Bertz CT molecular complexity index is 57.1. The molecule has 0 aliphatic carbocycles. The Morgan fingerprint density at radius 1 is 1.71 bits per heavy atom. The number of ether oxygens (including phenoxy) is 1. The quantitative estimate of drug-likeness (QED) is 0.447. The fourth-order valence-corrected chi connectivity index (χ4v) is 0.706. The average molecular weight is 104 g/mol. The van der Waals surface area contributed by atoms with E-state index in [9.17, 15) is 4.39 Å². The smallest absolute Gasteiger partial charge is 0.128 e. The Morgan fingerprint density at radius 3 is 2.57 bits per heavy atom. The molecule has 42 valence electrons. The van der Waals surface area contributed by atoms with E-state index in [-0.39, 0.29) is 6.10 Å². The van der Waals surface area contributed by atoms with Crippen LogP contribution >= 0.6 is 0 Å². The first-order chi connectivity index (χ1) is 3.30. The third-order valence-corrected chi connectivity index (χ3v) is 1.28. The lowest BCUT2D eigenvalue weighted by atomic mass is 10.2. The van der Waals surface area contributed by atoms with Gasteiger partial charge < -0.3 is 4.74 Å². The van der Waals surface area contributed by atoms with Gasteiger partial charge in [-0.05, 0) is 6.92 Å². The van der Waals surface area contributed by atoms with Crippen molar-refractivity contribution in [3.63, 3.8) is 0 Å². The van der Waals surface area contributed by atoms with Crippen LogP contribution in [0.5, 0.6) is 0 Å². The zero-order valence-corrected chi connectivity index (χ0v) is 4.36. The van der Waals surface area contributed by atoms with Crippen molar-refractivity contribution >= 4 is 0 Å². The third-order valence-electron chi connectivity index (χ3n) is 1.28. The molecular weight excluding hydrogens is 95.1 g/mol. The molecule has 2 atom stereocenters. The van der Waals surface area contributed by atoms with Gasteiger partial charge in [-0.3, -0.25) is 0 Å². The zero-order chi connectivity index (χ0) is 5.28. The molecule has 2 unspecified atom stereocenters. The summed E-state index contributed by atoms with van der Waals surface area (Å²) in [7, 11) is 0. The van der Waals surface area contributed by atoms with Crippen LogP contribution in [0, 0.1) is 0 Å². The summed E-state index contributed by atoms with van der Waals surface area (Å²) in [6.45, 7) is 2.36. The summed E-state index contributed by atoms with van der Waals surface area (Å²) in [5.41, 5.74) is 0. The number of halogens is 1. The minimum atomic E-state index is -0.708. The monoisotopic (exact) mass is 104 g/mol. The Kier molecular flexibility index (Phi) is 1.28. The molecule has 2 heteroatoms. The molecule has 0 aromatic carbocycles. The van der Waals surface area contributed by atoms with E-state index in [1.54, 1.807) is 6.92 Å². The van der Waals surface area contributed by atoms with Crippen molar-refractivity contribution in [3.8, 4) is 0 Å². The number of alkyl halides is 1. The molecule has 0 radical (unpaired) electrons. The topological polar surface area (TPSA) is 9.23 Å². The predicted octanol–water partition coefficient (Wildman–Crippen LogP) is 1.13. The minimum Gasteiger partial charge on any atom is -0.375 e. The van der Waals surface area contributed by atoms with E-state index in [0.717, 1.165) is 0 Å². The van der Waals surface area contributed by atoms with Gasteiger partial charge in [-0.1, -0.05) is 0 Å². The molecular formula is C5H9FO. The van der Waals surface area contributed by atoms with Crippen LogP contribution in [0.3, 0.4) is 0 Å². The molecule has 1 aliphatic rings. The standard InChI is InChI=1S/C5H9FO/c1-4-5(6)2-3-7-4/h4-5H,2-3H2,1H3. The second kappa shape index (κ2) is 1.78. The molecule has 1 saturated heterocycles. The molecule has 0 N–H and O–H groups in total. The van der Waals surface area contributed by atoms with Gasteiger partial charge in [0.15, 0.2) is 0 Å². The Labute approximate surface area is 42.5 Å². The van der Waals surface area contributed by atoms with Gasteiger partial charge in [-0.25, -0.2) is 4.39 Å². The number of rotatable bonds is 0. The van der Waals surface area contributed by atoms with E-state index in [2.05, 4.69) is 0 Å². The summed E-state index contributed by atoms with van der Waals surface area (Å²) in [6.07, 6.45) is -0.277. The molecule has 1 aliphatic heterocycles. The van der Waals surface area contributed by atoms with E-state index < -0.39 is 6.17 Å². The molecule has 1 nitrogen and oxygen atoms in total. The molecule has 0 spiro atoms. The van der Waals surface area contributed by atoms with Crippen molar-refractivity contribution in [2.45, 2.75) is 25.6 Å². The lowest BCUT2D eigenvalue weighted by Gasteiger charge is -2.00. The second-order valence-corrected chi connectivity index (χ2v) is 1.88. The maximum Gasteiger partial charge on any atom is 0.128 e. The first-order valence-electron chi connectivity index (χ1n) is 2.56. The molecule has 0 bridgehead atoms. The van der Waals surface area contributed by atoms with Gasteiger partial charge in [0.2, 0.25) is 0 Å². The fourth-order valence-electron chi connectivity index (χ4n) is 0.706. The molecule has 1 fully saturated rings. The first kappa shape index (κ1) is 5.04. The molecule has 0 aromatic heterocycles. The van der Waals surface area contributed by atoms with Crippen LogP contribution in [-0.4, -0.2) is 18.9 Å². The van der Waals surface area contributed by atoms with Crippen molar-refractivity contribution < 1.29 is 9.13 Å². The van der Waals surface area contributed by atoms with E-state index in [1.165, 1.54) is 0 Å². The Balaban J connectivity index is 2.33. The van der Waals surface area contributed by atoms with Crippen LogP contribution in [0.25, 0.3) is 0 Å². The van der Waals surface area contributed by atoms with Gasteiger partial charge in [-0.15, -0.1) is 0 Å². The Morgan fingerprint density at radius 2 is 2.43 bits per heavy atom. The molecule has 0 amide bonds. The van der Waals surface area contributed by atoms with Gasteiger partial charge in [0.05, 0.1) is 6.10 Å². The van der Waals surface area contributed by atoms with Crippen molar-refractivity contribution in [1.82, 2.24) is 0 Å². The predicted molar refractivity (Wildman–Crippen MR) is 24.9 cm³/mol. The summed E-state index contributed by atoms with van der Waals surface area (Å²) in [5.74, 6) is 0. The SMILES string of the molecule is CC1OCCC1F. The Hall–Kier alpha value is -0.110. The van der Waals surface area contributed by atoms with Gasteiger partial charge >= 0.3 is 0 Å². The highest BCUT2D eigenvalue weighted by atomic mass is 19.1. The first-order valence-corrected chi connectivity index (χ1v) is 2.56. The van der Waals surface area contributed by atoms with Crippen molar-refractivity contribution in [1.29, 1.82) is 0 Å². The maximum absolute atomic E-state index is 12.2. The van der Waals surface area contributed by atoms with E-state index in [0.29, 0.717) is 13.0 Å². The van der Waals surface area contributed by atoms with Crippen LogP contribution in [0.1, 0.15) is 13.3 Å². The third kappa shape index (κ3) is 0.911. The summed E-state index contributed by atoms with van der Waals surface area (Å²) >= 11 is 0. The van der Waals surface area contributed by atoms with E-state index in [4.69, 9.17) is 4.74 Å². The van der Waals surface area contributed by atoms with Crippen molar-refractivity contribution in [2.24, 2.45) is 0 Å². The van der Waals surface area contributed by atoms with Crippen LogP contribution in [0.4, 0.5) is 4.39 Å². The highest BCUT2D eigenvalue weighted by Gasteiger charge is 2.22. The lowest BCUT2D eigenvalue weighted by Crippen LogP contribution is -2.10. The summed E-state index contributed by atoms with van der Waals surface area (Å²) in [6, 6.07) is 0. The van der Waals surface area contributed by atoms with Gasteiger partial charge in [-0.2, -0.15) is 0 Å². The van der Waals surface area contributed by atoms with Crippen LogP contribution < -0.4 is 0 Å². The molecule has 1 rings (SSSR count).